The Labute approximate surface area is 173 Å². The number of nitrogens with zero attached hydrogens (tertiary/aromatic N) is 2. The molecule has 3 aromatic rings. The number of aromatic nitrogens is 2. The maximum Gasteiger partial charge on any atom is 0.322 e. The topological polar surface area (TPSA) is 78.1 Å². The molecule has 1 aliphatic heterocycles. The van der Waals surface area contributed by atoms with E-state index in [2.05, 4.69) is 15.3 Å². The van der Waals surface area contributed by atoms with Gasteiger partial charge in [-0.25, -0.2) is 14.2 Å². The van der Waals surface area contributed by atoms with E-state index in [-0.39, 0.29) is 30.4 Å². The van der Waals surface area contributed by atoms with Crippen LogP contribution in [0.3, 0.4) is 0 Å². The molecule has 0 bridgehead atoms. The van der Waals surface area contributed by atoms with Gasteiger partial charge in [0.2, 0.25) is 0 Å². The molecule has 1 aliphatic rings. The predicted molar refractivity (Wildman–Crippen MR) is 113 cm³/mol. The van der Waals surface area contributed by atoms with E-state index in [1.807, 2.05) is 31.2 Å². The minimum atomic E-state index is -0.326. The zero-order chi connectivity index (χ0) is 21.1. The van der Waals surface area contributed by atoms with Crippen molar-refractivity contribution < 1.29 is 9.18 Å². The number of fused-ring (bicyclic) bond motifs is 1. The van der Waals surface area contributed by atoms with Crippen LogP contribution in [-0.4, -0.2) is 27.4 Å². The number of hydrogen-bond acceptors (Lipinski definition) is 3. The molecule has 0 saturated heterocycles. The lowest BCUT2D eigenvalue weighted by molar-refractivity contribution is 0.205. The van der Waals surface area contributed by atoms with Gasteiger partial charge in [0.15, 0.2) is 0 Å². The first kappa shape index (κ1) is 19.8. The maximum absolute atomic E-state index is 13.9. The van der Waals surface area contributed by atoms with Gasteiger partial charge in [0.25, 0.3) is 5.56 Å². The Hall–Kier alpha value is -3.48. The highest BCUT2D eigenvalue weighted by Crippen LogP contribution is 2.19. The van der Waals surface area contributed by atoms with Crippen LogP contribution in [0.15, 0.2) is 53.3 Å². The summed E-state index contributed by atoms with van der Waals surface area (Å²) in [5.74, 6) is 0.103. The fourth-order valence-corrected chi connectivity index (χ4v) is 3.70. The van der Waals surface area contributed by atoms with E-state index in [1.165, 1.54) is 6.07 Å². The number of aryl methyl sites for hydroxylation is 1. The van der Waals surface area contributed by atoms with Gasteiger partial charge in [-0.1, -0.05) is 43.3 Å². The van der Waals surface area contributed by atoms with Gasteiger partial charge in [-0.05, 0) is 29.7 Å². The second kappa shape index (κ2) is 8.49. The smallest absolute Gasteiger partial charge is 0.320 e. The second-order valence-corrected chi connectivity index (χ2v) is 7.32. The monoisotopic (exact) mass is 406 g/mol. The van der Waals surface area contributed by atoms with Gasteiger partial charge >= 0.3 is 6.03 Å². The van der Waals surface area contributed by atoms with Gasteiger partial charge in [0, 0.05) is 25.1 Å². The standard InChI is InChI=1S/C23H23FN4O2/c1-2-15-7-4-6-10-19(15)26-23(30)28-12-11-20-17(14-28)22(29)27-21(25-20)13-16-8-3-5-9-18(16)24/h3-10H,2,11-14H2,1H3,(H,26,30)(H,25,27,29). The molecule has 1 aromatic heterocycles. The first-order valence-corrected chi connectivity index (χ1v) is 10.0. The lowest BCUT2D eigenvalue weighted by Gasteiger charge is -2.28. The van der Waals surface area contributed by atoms with E-state index in [4.69, 9.17) is 0 Å². The van der Waals surface area contributed by atoms with E-state index in [1.54, 1.807) is 23.1 Å². The Morgan fingerprint density at radius 3 is 2.67 bits per heavy atom. The second-order valence-electron chi connectivity index (χ2n) is 7.32. The minimum absolute atomic E-state index is 0.192. The van der Waals surface area contributed by atoms with E-state index < -0.39 is 0 Å². The van der Waals surface area contributed by atoms with Crippen LogP contribution < -0.4 is 10.9 Å². The summed E-state index contributed by atoms with van der Waals surface area (Å²) in [5.41, 5.74) is 3.19. The Morgan fingerprint density at radius 2 is 1.90 bits per heavy atom. The number of amides is 2. The van der Waals surface area contributed by atoms with Crippen molar-refractivity contribution in [2.24, 2.45) is 0 Å². The summed E-state index contributed by atoms with van der Waals surface area (Å²) in [6.07, 6.45) is 1.51. The molecule has 6 nitrogen and oxygen atoms in total. The van der Waals surface area contributed by atoms with Crippen LogP contribution >= 0.6 is 0 Å². The summed E-state index contributed by atoms with van der Waals surface area (Å²) >= 11 is 0. The van der Waals surface area contributed by atoms with Crippen molar-refractivity contribution in [3.05, 3.63) is 92.9 Å². The summed E-state index contributed by atoms with van der Waals surface area (Å²) in [4.78, 5) is 34.3. The molecule has 0 atom stereocenters. The summed E-state index contributed by atoms with van der Waals surface area (Å²) in [5, 5.41) is 2.94. The number of para-hydroxylation sites is 1. The quantitative estimate of drug-likeness (QED) is 0.694. The Morgan fingerprint density at radius 1 is 1.17 bits per heavy atom. The number of nitrogens with one attached hydrogen (secondary N) is 2. The highest BCUT2D eigenvalue weighted by molar-refractivity contribution is 5.90. The highest BCUT2D eigenvalue weighted by atomic mass is 19.1. The van der Waals surface area contributed by atoms with Crippen molar-refractivity contribution in [1.29, 1.82) is 0 Å². The molecule has 30 heavy (non-hydrogen) atoms. The zero-order valence-corrected chi connectivity index (χ0v) is 16.7. The van der Waals surface area contributed by atoms with Crippen LogP contribution in [0.5, 0.6) is 0 Å². The molecule has 2 amide bonds. The molecule has 7 heteroatoms. The molecule has 0 saturated carbocycles. The number of anilines is 1. The number of carbonyl (C=O) groups is 1. The van der Waals surface area contributed by atoms with Crippen LogP contribution in [0.25, 0.3) is 0 Å². The van der Waals surface area contributed by atoms with Gasteiger partial charge in [-0.15, -0.1) is 0 Å². The summed E-state index contributed by atoms with van der Waals surface area (Å²) in [6, 6.07) is 13.9. The molecule has 0 fully saturated rings. The van der Waals surface area contributed by atoms with E-state index >= 15 is 0 Å². The Bertz CT molecular complexity index is 1140. The third-order valence-electron chi connectivity index (χ3n) is 5.36. The van der Waals surface area contributed by atoms with E-state index in [0.29, 0.717) is 35.6 Å². The number of benzene rings is 2. The molecule has 2 aromatic carbocycles. The third-order valence-corrected chi connectivity index (χ3v) is 5.36. The SMILES string of the molecule is CCc1ccccc1NC(=O)N1CCc2nc(Cc3ccccc3F)[nH]c(=O)c2C1. The third kappa shape index (κ3) is 4.10. The van der Waals surface area contributed by atoms with E-state index in [0.717, 1.165) is 17.7 Å². The molecule has 2 N–H and O–H groups in total. The molecule has 2 heterocycles. The minimum Gasteiger partial charge on any atom is -0.320 e. The molecule has 0 aliphatic carbocycles. The number of aromatic amines is 1. The summed E-state index contributed by atoms with van der Waals surface area (Å²) in [7, 11) is 0. The van der Waals surface area contributed by atoms with Gasteiger partial charge in [0.05, 0.1) is 17.8 Å². The zero-order valence-electron chi connectivity index (χ0n) is 16.7. The lowest BCUT2D eigenvalue weighted by Crippen LogP contribution is -2.42. The molecule has 0 unspecified atom stereocenters. The number of urea groups is 1. The van der Waals surface area contributed by atoms with Gasteiger partial charge in [0.1, 0.15) is 11.6 Å². The average molecular weight is 406 g/mol. The number of carbonyl (C=O) groups excluding carboxylic acids is 1. The lowest BCUT2D eigenvalue weighted by atomic mass is 10.1. The van der Waals surface area contributed by atoms with Gasteiger partial charge < -0.3 is 15.2 Å². The summed E-state index contributed by atoms with van der Waals surface area (Å²) < 4.78 is 13.9. The number of halogens is 1. The normalized spacial score (nSPS) is 13.1. The fraction of sp³-hybridized carbons (Fsp3) is 0.261. The van der Waals surface area contributed by atoms with Crippen molar-refractivity contribution >= 4 is 11.7 Å². The largest absolute Gasteiger partial charge is 0.322 e. The van der Waals surface area contributed by atoms with Crippen LogP contribution in [0, 0.1) is 5.82 Å². The molecule has 0 radical (unpaired) electrons. The van der Waals surface area contributed by atoms with Crippen molar-refractivity contribution in [2.75, 3.05) is 11.9 Å². The van der Waals surface area contributed by atoms with E-state index in [9.17, 15) is 14.0 Å². The first-order valence-electron chi connectivity index (χ1n) is 10.0. The van der Waals surface area contributed by atoms with Crippen LogP contribution in [0.2, 0.25) is 0 Å². The predicted octanol–water partition coefficient (Wildman–Crippen LogP) is 3.65. The van der Waals surface area contributed by atoms with Gasteiger partial charge in [-0.2, -0.15) is 0 Å². The fourth-order valence-electron chi connectivity index (χ4n) is 3.70. The Kier molecular flexibility index (Phi) is 5.61. The van der Waals surface area contributed by atoms with Crippen molar-refractivity contribution in [3.8, 4) is 0 Å². The van der Waals surface area contributed by atoms with Crippen molar-refractivity contribution in [1.82, 2.24) is 14.9 Å². The molecular weight excluding hydrogens is 383 g/mol. The molecular formula is C23H23FN4O2. The molecule has 0 spiro atoms. The summed E-state index contributed by atoms with van der Waals surface area (Å²) in [6.45, 7) is 2.69. The van der Waals surface area contributed by atoms with Gasteiger partial charge in [-0.3, -0.25) is 4.79 Å². The maximum atomic E-state index is 13.9. The highest BCUT2D eigenvalue weighted by Gasteiger charge is 2.25. The number of rotatable bonds is 4. The molecule has 154 valence electrons. The first-order chi connectivity index (χ1) is 14.5. The average Bonchev–Trinajstić information content (AvgIpc) is 2.75. The van der Waals surface area contributed by atoms with Crippen molar-refractivity contribution in [2.45, 2.75) is 32.7 Å². The van der Waals surface area contributed by atoms with Crippen LogP contribution in [-0.2, 0) is 25.8 Å². The number of hydrogen-bond donors (Lipinski definition) is 2. The number of H-pyrrole nitrogens is 1. The Balaban J connectivity index is 1.51. The van der Waals surface area contributed by atoms with Crippen molar-refractivity contribution in [3.63, 3.8) is 0 Å². The van der Waals surface area contributed by atoms with Crippen LogP contribution in [0.1, 0.15) is 35.1 Å². The molecule has 4 rings (SSSR count). The van der Waals surface area contributed by atoms with Crippen LogP contribution in [0.4, 0.5) is 14.9 Å².